The Morgan fingerprint density at radius 1 is 0.837 bits per heavy atom. The molecule has 0 saturated heterocycles. The molecular formula is C32H30BrN3O7. The number of carbonyl (C=O) groups is 1. The van der Waals surface area contributed by atoms with Crippen LogP contribution in [0, 0.1) is 10.1 Å². The minimum Gasteiger partial charge on any atom is -0.490 e. The minimum atomic E-state index is -0.530. The van der Waals surface area contributed by atoms with Crippen LogP contribution in [0.1, 0.15) is 40.9 Å². The molecular weight excluding hydrogens is 618 g/mol. The molecule has 0 spiro atoms. The number of nitro benzene ring substituents is 1. The molecule has 4 aromatic rings. The number of nitrogens with one attached hydrogen (secondary N) is 1. The van der Waals surface area contributed by atoms with Crippen molar-refractivity contribution in [2.45, 2.75) is 27.1 Å². The molecule has 4 aromatic carbocycles. The van der Waals surface area contributed by atoms with E-state index in [4.69, 9.17) is 18.9 Å². The van der Waals surface area contributed by atoms with Gasteiger partial charge in [-0.05, 0) is 82.9 Å². The molecule has 0 fully saturated rings. The SMILES string of the molecule is CCOc1cc(COc2c(Br)cc(/C=N/NC(=O)c3ccc([N+](=O)[O-])cc3)cc2OCC)ccc1OCc1ccccc1. The summed E-state index contributed by atoms with van der Waals surface area (Å²) in [5.74, 6) is 1.78. The first-order valence-corrected chi connectivity index (χ1v) is 14.3. The van der Waals surface area contributed by atoms with Gasteiger partial charge >= 0.3 is 0 Å². The Balaban J connectivity index is 1.42. The van der Waals surface area contributed by atoms with Gasteiger partial charge in [-0.1, -0.05) is 36.4 Å². The van der Waals surface area contributed by atoms with E-state index in [1.807, 2.05) is 62.4 Å². The maximum absolute atomic E-state index is 12.3. The van der Waals surface area contributed by atoms with Gasteiger partial charge in [0.2, 0.25) is 0 Å². The van der Waals surface area contributed by atoms with E-state index in [-0.39, 0.29) is 17.9 Å². The molecule has 1 amide bonds. The standard InChI is InChI=1S/C32H30BrN3O7/c1-3-40-29-17-23(10-15-28(29)42-20-22-8-6-5-7-9-22)21-43-31-27(33)16-24(18-30(31)41-4-2)19-34-35-32(37)25-11-13-26(14-12-25)36(38)39/h5-19H,3-4,20-21H2,1-2H3,(H,35,37)/b34-19+. The van der Waals surface area contributed by atoms with Crippen LogP contribution in [0.2, 0.25) is 0 Å². The predicted molar refractivity (Wildman–Crippen MR) is 166 cm³/mol. The molecule has 43 heavy (non-hydrogen) atoms. The monoisotopic (exact) mass is 647 g/mol. The fourth-order valence-electron chi connectivity index (χ4n) is 3.95. The van der Waals surface area contributed by atoms with E-state index < -0.39 is 10.8 Å². The zero-order valence-electron chi connectivity index (χ0n) is 23.6. The normalized spacial score (nSPS) is 10.8. The summed E-state index contributed by atoms with van der Waals surface area (Å²) < 4.78 is 24.5. The van der Waals surface area contributed by atoms with Crippen LogP contribution in [0.15, 0.2) is 94.5 Å². The number of ether oxygens (including phenoxy) is 4. The number of non-ortho nitro benzene ring substituents is 1. The quantitative estimate of drug-likeness (QED) is 0.0882. The summed E-state index contributed by atoms with van der Waals surface area (Å²) in [5.41, 5.74) is 5.14. The van der Waals surface area contributed by atoms with Crippen LogP contribution in [0.4, 0.5) is 5.69 Å². The Hall–Kier alpha value is -4.90. The number of benzene rings is 4. The average molecular weight is 649 g/mol. The number of carbonyl (C=O) groups excluding carboxylic acids is 1. The number of amides is 1. The van der Waals surface area contributed by atoms with Gasteiger partial charge in [-0.2, -0.15) is 5.10 Å². The lowest BCUT2D eigenvalue weighted by Gasteiger charge is -2.16. The molecule has 0 heterocycles. The molecule has 0 saturated carbocycles. The molecule has 10 nitrogen and oxygen atoms in total. The predicted octanol–water partition coefficient (Wildman–Crippen LogP) is 7.08. The van der Waals surface area contributed by atoms with Crippen molar-refractivity contribution in [2.75, 3.05) is 13.2 Å². The van der Waals surface area contributed by atoms with Crippen LogP contribution < -0.4 is 24.4 Å². The van der Waals surface area contributed by atoms with Gasteiger partial charge in [0.1, 0.15) is 13.2 Å². The third kappa shape index (κ3) is 8.79. The average Bonchev–Trinajstić information content (AvgIpc) is 3.01. The molecule has 0 atom stereocenters. The first-order valence-electron chi connectivity index (χ1n) is 13.5. The highest BCUT2D eigenvalue weighted by Gasteiger charge is 2.14. The van der Waals surface area contributed by atoms with Crippen molar-refractivity contribution in [3.05, 3.63) is 122 Å². The highest BCUT2D eigenvalue weighted by molar-refractivity contribution is 9.10. The summed E-state index contributed by atoms with van der Waals surface area (Å²) in [6.07, 6.45) is 1.46. The van der Waals surface area contributed by atoms with E-state index in [0.29, 0.717) is 52.9 Å². The van der Waals surface area contributed by atoms with Crippen molar-refractivity contribution >= 4 is 33.7 Å². The first kappa shape index (κ1) is 31.0. The molecule has 0 aliphatic rings. The van der Waals surface area contributed by atoms with E-state index in [2.05, 4.69) is 26.5 Å². The zero-order valence-corrected chi connectivity index (χ0v) is 25.2. The molecule has 0 radical (unpaired) electrons. The second kappa shape index (κ2) is 15.4. The number of nitro groups is 1. The van der Waals surface area contributed by atoms with Crippen LogP contribution >= 0.6 is 15.9 Å². The van der Waals surface area contributed by atoms with Gasteiger partial charge in [0.25, 0.3) is 11.6 Å². The van der Waals surface area contributed by atoms with Gasteiger partial charge in [-0.15, -0.1) is 0 Å². The molecule has 0 aromatic heterocycles. The number of hydrogen-bond acceptors (Lipinski definition) is 8. The highest BCUT2D eigenvalue weighted by Crippen LogP contribution is 2.38. The lowest BCUT2D eigenvalue weighted by molar-refractivity contribution is -0.384. The number of hydrazone groups is 1. The van der Waals surface area contributed by atoms with Crippen molar-refractivity contribution in [3.63, 3.8) is 0 Å². The van der Waals surface area contributed by atoms with E-state index in [0.717, 1.165) is 11.1 Å². The van der Waals surface area contributed by atoms with Crippen molar-refractivity contribution in [1.29, 1.82) is 0 Å². The number of hydrogen-bond donors (Lipinski definition) is 1. The highest BCUT2D eigenvalue weighted by atomic mass is 79.9. The molecule has 1 N–H and O–H groups in total. The summed E-state index contributed by atoms with van der Waals surface area (Å²) in [6.45, 7) is 5.35. The topological polar surface area (TPSA) is 122 Å². The second-order valence-corrected chi connectivity index (χ2v) is 9.90. The Bertz CT molecular complexity index is 1580. The Morgan fingerprint density at radius 3 is 2.23 bits per heavy atom. The molecule has 11 heteroatoms. The van der Waals surface area contributed by atoms with Crippen molar-refractivity contribution in [2.24, 2.45) is 5.10 Å². The summed E-state index contributed by atoms with van der Waals surface area (Å²) in [4.78, 5) is 22.6. The van der Waals surface area contributed by atoms with Crippen LogP contribution in [-0.4, -0.2) is 30.3 Å². The second-order valence-electron chi connectivity index (χ2n) is 9.04. The number of rotatable bonds is 14. The van der Waals surface area contributed by atoms with Gasteiger partial charge in [0.15, 0.2) is 23.0 Å². The van der Waals surface area contributed by atoms with Crippen LogP contribution in [-0.2, 0) is 13.2 Å². The summed E-state index contributed by atoms with van der Waals surface area (Å²) in [5, 5.41) is 14.8. The Kier molecular flexibility index (Phi) is 11.1. The third-order valence-corrected chi connectivity index (χ3v) is 6.57. The molecule has 0 aliphatic carbocycles. The zero-order chi connectivity index (χ0) is 30.6. The maximum atomic E-state index is 12.3. The van der Waals surface area contributed by atoms with Crippen LogP contribution in [0.25, 0.3) is 0 Å². The molecule has 0 bridgehead atoms. The van der Waals surface area contributed by atoms with E-state index in [1.54, 1.807) is 12.1 Å². The lowest BCUT2D eigenvalue weighted by atomic mass is 10.2. The Morgan fingerprint density at radius 2 is 1.53 bits per heavy atom. The smallest absolute Gasteiger partial charge is 0.271 e. The van der Waals surface area contributed by atoms with E-state index in [9.17, 15) is 14.9 Å². The molecule has 4 rings (SSSR count). The molecule has 0 unspecified atom stereocenters. The van der Waals surface area contributed by atoms with Gasteiger partial charge in [0, 0.05) is 17.7 Å². The van der Waals surface area contributed by atoms with Gasteiger partial charge in [0.05, 0.1) is 28.8 Å². The summed E-state index contributed by atoms with van der Waals surface area (Å²) in [7, 11) is 0. The van der Waals surface area contributed by atoms with Crippen LogP contribution in [0.3, 0.4) is 0 Å². The molecule has 222 valence electrons. The largest absolute Gasteiger partial charge is 0.490 e. The lowest BCUT2D eigenvalue weighted by Crippen LogP contribution is -2.17. The summed E-state index contributed by atoms with van der Waals surface area (Å²) in [6, 6.07) is 24.4. The first-order chi connectivity index (χ1) is 20.9. The van der Waals surface area contributed by atoms with Crippen molar-refractivity contribution in [3.8, 4) is 23.0 Å². The van der Waals surface area contributed by atoms with E-state index in [1.165, 1.54) is 30.5 Å². The molecule has 0 aliphatic heterocycles. The fourth-order valence-corrected chi connectivity index (χ4v) is 4.52. The van der Waals surface area contributed by atoms with Gasteiger partial charge in [-0.25, -0.2) is 5.43 Å². The number of nitrogens with zero attached hydrogens (tertiary/aromatic N) is 2. The fraction of sp³-hybridized carbons (Fsp3) is 0.188. The Labute approximate surface area is 257 Å². The van der Waals surface area contributed by atoms with E-state index >= 15 is 0 Å². The minimum absolute atomic E-state index is 0.102. The van der Waals surface area contributed by atoms with Crippen LogP contribution in [0.5, 0.6) is 23.0 Å². The summed E-state index contributed by atoms with van der Waals surface area (Å²) >= 11 is 3.56. The van der Waals surface area contributed by atoms with Gasteiger partial charge < -0.3 is 18.9 Å². The number of halogens is 1. The van der Waals surface area contributed by atoms with Gasteiger partial charge in [-0.3, -0.25) is 14.9 Å². The van der Waals surface area contributed by atoms with Crippen molar-refractivity contribution in [1.82, 2.24) is 5.43 Å². The maximum Gasteiger partial charge on any atom is 0.271 e. The van der Waals surface area contributed by atoms with Crippen molar-refractivity contribution < 1.29 is 28.7 Å². The third-order valence-electron chi connectivity index (χ3n) is 5.98.